The molecule has 0 aromatic heterocycles. The second-order valence-electron chi connectivity index (χ2n) is 4.18. The summed E-state index contributed by atoms with van der Waals surface area (Å²) in [4.78, 5) is 0. The van der Waals surface area contributed by atoms with Crippen LogP contribution in [0.4, 0.5) is 0 Å². The summed E-state index contributed by atoms with van der Waals surface area (Å²) in [6.07, 6.45) is -0.804. The molecule has 0 heterocycles. The highest BCUT2D eigenvalue weighted by Gasteiger charge is 2.18. The van der Waals surface area contributed by atoms with Crippen LogP contribution in [0.25, 0.3) is 0 Å². The molecule has 2 aromatic rings. The monoisotopic (exact) mass is 404 g/mol. The number of halogens is 2. The molecular formula is C15H14ClIO3. The second kappa shape index (κ2) is 6.65. The maximum Gasteiger partial charge on any atom is 0.128 e. The van der Waals surface area contributed by atoms with Crippen LogP contribution in [-0.4, -0.2) is 19.3 Å². The second-order valence-corrected chi connectivity index (χ2v) is 5.77. The Hall–Kier alpha value is -0.980. The summed E-state index contributed by atoms with van der Waals surface area (Å²) in [5.74, 6) is 1.26. The molecule has 20 heavy (non-hydrogen) atoms. The highest BCUT2D eigenvalue weighted by molar-refractivity contribution is 14.1. The third-order valence-corrected chi connectivity index (χ3v) is 4.21. The summed E-state index contributed by atoms with van der Waals surface area (Å²) in [5, 5.41) is 11.2. The minimum Gasteiger partial charge on any atom is -0.497 e. The van der Waals surface area contributed by atoms with Gasteiger partial charge in [0.15, 0.2) is 0 Å². The average molecular weight is 405 g/mol. The number of aliphatic hydroxyl groups is 1. The predicted molar refractivity (Wildman–Crippen MR) is 87.8 cm³/mol. The van der Waals surface area contributed by atoms with E-state index < -0.39 is 6.10 Å². The molecule has 2 aromatic carbocycles. The molecule has 0 amide bonds. The van der Waals surface area contributed by atoms with Gasteiger partial charge in [-0.1, -0.05) is 11.6 Å². The van der Waals surface area contributed by atoms with E-state index in [2.05, 4.69) is 22.6 Å². The van der Waals surface area contributed by atoms with Gasteiger partial charge in [0.05, 0.1) is 14.2 Å². The lowest BCUT2D eigenvalue weighted by molar-refractivity contribution is 0.213. The molecular weight excluding hydrogens is 391 g/mol. The number of hydrogen-bond acceptors (Lipinski definition) is 3. The quantitative estimate of drug-likeness (QED) is 0.782. The third-order valence-electron chi connectivity index (χ3n) is 2.99. The first-order chi connectivity index (χ1) is 9.56. The van der Waals surface area contributed by atoms with E-state index in [1.165, 1.54) is 0 Å². The fourth-order valence-corrected chi connectivity index (χ4v) is 2.75. The summed E-state index contributed by atoms with van der Waals surface area (Å²) in [6, 6.07) is 10.8. The third kappa shape index (κ3) is 3.19. The zero-order valence-corrected chi connectivity index (χ0v) is 14.0. The summed E-state index contributed by atoms with van der Waals surface area (Å²) < 4.78 is 11.4. The molecule has 0 aliphatic heterocycles. The van der Waals surface area contributed by atoms with Gasteiger partial charge in [0, 0.05) is 20.2 Å². The molecule has 0 spiro atoms. The van der Waals surface area contributed by atoms with Crippen molar-refractivity contribution in [3.63, 3.8) is 0 Å². The number of aliphatic hydroxyl groups excluding tert-OH is 1. The van der Waals surface area contributed by atoms with Gasteiger partial charge in [-0.2, -0.15) is 0 Å². The molecule has 2 rings (SSSR count). The molecule has 0 bridgehead atoms. The smallest absolute Gasteiger partial charge is 0.128 e. The minimum absolute atomic E-state index is 0.577. The fourth-order valence-electron chi connectivity index (χ4n) is 1.94. The normalized spacial score (nSPS) is 12.1. The Labute approximate surface area is 136 Å². The van der Waals surface area contributed by atoms with Crippen LogP contribution < -0.4 is 9.47 Å². The van der Waals surface area contributed by atoms with E-state index in [4.69, 9.17) is 21.1 Å². The molecule has 106 valence electrons. The number of ether oxygens (including phenoxy) is 2. The molecule has 0 aliphatic carbocycles. The van der Waals surface area contributed by atoms with Crippen molar-refractivity contribution in [2.45, 2.75) is 6.10 Å². The van der Waals surface area contributed by atoms with Crippen LogP contribution in [0.2, 0.25) is 5.02 Å². The molecule has 5 heteroatoms. The summed E-state index contributed by atoms with van der Waals surface area (Å²) >= 11 is 8.18. The summed E-state index contributed by atoms with van der Waals surface area (Å²) in [5.41, 5.74) is 1.43. The first-order valence-corrected chi connectivity index (χ1v) is 7.37. The highest BCUT2D eigenvalue weighted by atomic mass is 127. The van der Waals surface area contributed by atoms with Crippen molar-refractivity contribution >= 4 is 34.2 Å². The van der Waals surface area contributed by atoms with E-state index in [1.54, 1.807) is 44.6 Å². The van der Waals surface area contributed by atoms with E-state index in [-0.39, 0.29) is 0 Å². The van der Waals surface area contributed by atoms with Gasteiger partial charge >= 0.3 is 0 Å². The van der Waals surface area contributed by atoms with Crippen LogP contribution >= 0.6 is 34.2 Å². The Morgan fingerprint density at radius 3 is 2.45 bits per heavy atom. The SMILES string of the molecule is COc1ccc(C(O)c2cc(Cl)ccc2I)c(OC)c1. The summed E-state index contributed by atoms with van der Waals surface area (Å²) in [7, 11) is 3.15. The molecule has 0 saturated heterocycles. The van der Waals surface area contributed by atoms with Crippen LogP contribution in [0.1, 0.15) is 17.2 Å². The van der Waals surface area contributed by atoms with Crippen LogP contribution in [0.3, 0.4) is 0 Å². The molecule has 1 N–H and O–H groups in total. The van der Waals surface area contributed by atoms with E-state index in [1.807, 2.05) is 6.07 Å². The van der Waals surface area contributed by atoms with Gasteiger partial charge in [-0.05, 0) is 58.5 Å². The van der Waals surface area contributed by atoms with Crippen LogP contribution in [0.15, 0.2) is 36.4 Å². The number of methoxy groups -OCH3 is 2. The largest absolute Gasteiger partial charge is 0.497 e. The van der Waals surface area contributed by atoms with Gasteiger partial charge in [-0.3, -0.25) is 0 Å². The van der Waals surface area contributed by atoms with Crippen LogP contribution in [0.5, 0.6) is 11.5 Å². The zero-order chi connectivity index (χ0) is 14.7. The van der Waals surface area contributed by atoms with Crippen molar-refractivity contribution in [1.82, 2.24) is 0 Å². The van der Waals surface area contributed by atoms with Gasteiger partial charge in [0.1, 0.15) is 17.6 Å². The fraction of sp³-hybridized carbons (Fsp3) is 0.200. The first-order valence-electron chi connectivity index (χ1n) is 5.91. The minimum atomic E-state index is -0.804. The number of benzene rings is 2. The molecule has 0 saturated carbocycles. The van der Waals surface area contributed by atoms with Crippen LogP contribution in [0, 0.1) is 3.57 Å². The first kappa shape index (κ1) is 15.4. The molecule has 0 radical (unpaired) electrons. The topological polar surface area (TPSA) is 38.7 Å². The van der Waals surface area contributed by atoms with Crippen molar-refractivity contribution < 1.29 is 14.6 Å². The molecule has 1 unspecified atom stereocenters. The van der Waals surface area contributed by atoms with Crippen molar-refractivity contribution in [2.75, 3.05) is 14.2 Å². The molecule has 0 fully saturated rings. The Bertz CT molecular complexity index is 616. The van der Waals surface area contributed by atoms with Crippen molar-refractivity contribution in [3.8, 4) is 11.5 Å². The maximum absolute atomic E-state index is 10.6. The summed E-state index contributed by atoms with van der Waals surface area (Å²) in [6.45, 7) is 0. The molecule has 1 atom stereocenters. The standard InChI is InChI=1S/C15H14ClIO3/c1-19-10-4-5-11(14(8-10)20-2)15(18)12-7-9(16)3-6-13(12)17/h3-8,15,18H,1-2H3. The lowest BCUT2D eigenvalue weighted by Gasteiger charge is -2.17. The Morgan fingerprint density at radius 2 is 1.80 bits per heavy atom. The maximum atomic E-state index is 10.6. The van der Waals surface area contributed by atoms with Gasteiger partial charge in [-0.15, -0.1) is 0 Å². The highest BCUT2D eigenvalue weighted by Crippen LogP contribution is 2.35. The van der Waals surface area contributed by atoms with Crippen molar-refractivity contribution in [1.29, 1.82) is 0 Å². The van der Waals surface area contributed by atoms with E-state index in [9.17, 15) is 5.11 Å². The van der Waals surface area contributed by atoms with E-state index in [0.717, 1.165) is 9.13 Å². The number of rotatable bonds is 4. The van der Waals surface area contributed by atoms with E-state index >= 15 is 0 Å². The molecule has 0 aliphatic rings. The Morgan fingerprint density at radius 1 is 1.05 bits per heavy atom. The Kier molecular flexibility index (Phi) is 5.12. The van der Waals surface area contributed by atoms with Gasteiger partial charge in [-0.25, -0.2) is 0 Å². The lowest BCUT2D eigenvalue weighted by atomic mass is 10.0. The van der Waals surface area contributed by atoms with Gasteiger partial charge in [0.2, 0.25) is 0 Å². The van der Waals surface area contributed by atoms with Crippen LogP contribution in [-0.2, 0) is 0 Å². The lowest BCUT2D eigenvalue weighted by Crippen LogP contribution is -2.04. The average Bonchev–Trinajstić information content (AvgIpc) is 2.48. The van der Waals surface area contributed by atoms with E-state index in [0.29, 0.717) is 22.1 Å². The van der Waals surface area contributed by atoms with Crippen molar-refractivity contribution in [3.05, 3.63) is 56.1 Å². The molecule has 3 nitrogen and oxygen atoms in total. The van der Waals surface area contributed by atoms with Gasteiger partial charge < -0.3 is 14.6 Å². The zero-order valence-electron chi connectivity index (χ0n) is 11.1. The van der Waals surface area contributed by atoms with Gasteiger partial charge in [0.25, 0.3) is 0 Å². The van der Waals surface area contributed by atoms with Crippen molar-refractivity contribution in [2.24, 2.45) is 0 Å². The Balaban J connectivity index is 2.47. The predicted octanol–water partition coefficient (Wildman–Crippen LogP) is 4.04. The number of hydrogen-bond donors (Lipinski definition) is 1.